The number of aromatic carboxylic acids is 3. The molecule has 0 amide bonds. The second kappa shape index (κ2) is 13.0. The van der Waals surface area contributed by atoms with E-state index in [0.717, 1.165) is 37.0 Å². The van der Waals surface area contributed by atoms with Crippen LogP contribution in [0.15, 0.2) is 64.6 Å². The van der Waals surface area contributed by atoms with E-state index in [1.165, 1.54) is 0 Å². The van der Waals surface area contributed by atoms with Crippen molar-refractivity contribution in [2.24, 2.45) is 0 Å². The molecule has 0 spiro atoms. The van der Waals surface area contributed by atoms with E-state index < -0.39 is 68.7 Å². The Morgan fingerprint density at radius 1 is 0.559 bits per heavy atom. The molecule has 3 rings (SSSR count). The average molecular weight is 535 g/mol. The van der Waals surface area contributed by atoms with Crippen LogP contribution in [-0.2, 0) is 0 Å². The van der Waals surface area contributed by atoms with E-state index in [1.807, 2.05) is 0 Å². The van der Waals surface area contributed by atoms with Gasteiger partial charge in [-0.15, -0.1) is 0 Å². The van der Waals surface area contributed by atoms with Crippen LogP contribution in [0.5, 0.6) is 17.2 Å². The zero-order valence-corrected chi connectivity index (χ0v) is 18.7. The van der Waals surface area contributed by atoms with Gasteiger partial charge in [0.25, 0.3) is 0 Å². The standard InChI is InChI=1S/3C6H4O5.Ga/c3*7-3-1-2-11-5(4(3)8)6(9)10;/h3*1-2,8H,(H,9,10);/q;;;+3/p-3. The maximum absolute atomic E-state index is 10.5. The molecule has 0 aliphatic carbocycles. The topological polar surface area (TPSA) is 272 Å². The van der Waals surface area contributed by atoms with E-state index >= 15 is 0 Å². The van der Waals surface area contributed by atoms with Crippen LogP contribution in [-0.4, -0.2) is 53.0 Å². The summed E-state index contributed by atoms with van der Waals surface area (Å²) in [5.41, 5.74) is -2.43. The molecule has 0 unspecified atom stereocenters. The van der Waals surface area contributed by atoms with Gasteiger partial charge in [-0.2, -0.15) is 0 Å². The molecule has 0 atom stereocenters. The third kappa shape index (κ3) is 7.77. The van der Waals surface area contributed by atoms with Gasteiger partial charge in [0.05, 0.1) is 18.8 Å². The summed E-state index contributed by atoms with van der Waals surface area (Å²) in [5, 5.41) is 56.4. The molecule has 0 saturated heterocycles. The summed E-state index contributed by atoms with van der Waals surface area (Å²) < 4.78 is 12.9. The Morgan fingerprint density at radius 3 is 0.912 bits per heavy atom. The van der Waals surface area contributed by atoms with Crippen molar-refractivity contribution >= 4 is 37.7 Å². The van der Waals surface area contributed by atoms with Gasteiger partial charge in [0.15, 0.2) is 17.3 Å². The maximum atomic E-state index is 10.5. The van der Waals surface area contributed by atoms with E-state index in [2.05, 4.69) is 13.3 Å². The molecule has 16 heteroatoms. The largest absolute Gasteiger partial charge is 3.00 e. The Morgan fingerprint density at radius 2 is 0.765 bits per heavy atom. The van der Waals surface area contributed by atoms with Crippen molar-refractivity contribution in [1.82, 2.24) is 0 Å². The van der Waals surface area contributed by atoms with Crippen molar-refractivity contribution in [1.29, 1.82) is 0 Å². The number of carbonyl (C=O) groups is 3. The van der Waals surface area contributed by atoms with Crippen LogP contribution < -0.4 is 31.6 Å². The minimum absolute atomic E-state index is 0. The summed E-state index contributed by atoms with van der Waals surface area (Å²) >= 11 is 0. The number of carboxylic acids is 3. The van der Waals surface area contributed by atoms with Crippen LogP contribution in [0, 0.1) is 0 Å². The van der Waals surface area contributed by atoms with Crippen molar-refractivity contribution in [3.05, 3.63) is 84.9 Å². The van der Waals surface area contributed by atoms with Crippen LogP contribution in [0.2, 0.25) is 0 Å². The van der Waals surface area contributed by atoms with Crippen LogP contribution in [0.1, 0.15) is 31.7 Å². The Balaban J connectivity index is 0.000000473. The van der Waals surface area contributed by atoms with Crippen molar-refractivity contribution < 1.29 is 58.3 Å². The van der Waals surface area contributed by atoms with Gasteiger partial charge >= 0.3 is 19.8 Å². The molecule has 3 N–H and O–H groups in total. The molecule has 15 nitrogen and oxygen atoms in total. The van der Waals surface area contributed by atoms with Crippen molar-refractivity contribution in [3.63, 3.8) is 0 Å². The fraction of sp³-hybridized carbons (Fsp3) is 0. The number of rotatable bonds is 3. The van der Waals surface area contributed by atoms with Crippen molar-refractivity contribution in [2.45, 2.75) is 0 Å². The van der Waals surface area contributed by atoms with Crippen molar-refractivity contribution in [2.75, 3.05) is 0 Å². The Hall–Kier alpha value is -4.70. The second-order valence-electron chi connectivity index (χ2n) is 5.25. The molecule has 0 aliphatic heterocycles. The first-order chi connectivity index (χ1) is 15.4. The Labute approximate surface area is 198 Å². The smallest absolute Gasteiger partial charge is 0.541 e. The van der Waals surface area contributed by atoms with Gasteiger partial charge in [-0.05, 0) is 0 Å². The number of hydrogen-bond acceptors (Lipinski definition) is 15. The molecule has 0 bridgehead atoms. The number of aromatic hydroxyl groups is 3. The minimum Gasteiger partial charge on any atom is -0.541 e. The molecule has 174 valence electrons. The molecular formula is C18H9GaO15. The second-order valence-corrected chi connectivity index (χ2v) is 5.25. The molecule has 0 fully saturated rings. The minimum atomic E-state index is -1.72. The quantitative estimate of drug-likeness (QED) is 0.268. The fourth-order valence-electron chi connectivity index (χ4n) is 1.67. The fourth-order valence-corrected chi connectivity index (χ4v) is 1.67. The number of hydrogen-bond donors (Lipinski definition) is 3. The monoisotopic (exact) mass is 534 g/mol. The molecular weight excluding hydrogens is 526 g/mol. The number of carbonyl (C=O) groups excluding carboxylic acids is 3. The average Bonchev–Trinajstić information content (AvgIpc) is 2.74. The first kappa shape index (κ1) is 29.3. The van der Waals surface area contributed by atoms with Crippen LogP contribution in [0.4, 0.5) is 0 Å². The summed E-state index contributed by atoms with van der Waals surface area (Å²) in [4.78, 5) is 61.8. The van der Waals surface area contributed by atoms with Gasteiger partial charge in [0.2, 0.25) is 33.5 Å². The maximum Gasteiger partial charge on any atom is 3.00 e. The normalized spacial score (nSPS) is 9.18. The first-order valence-corrected chi connectivity index (χ1v) is 7.94. The zero-order chi connectivity index (χ0) is 25.3. The first-order valence-electron chi connectivity index (χ1n) is 7.94. The van der Waals surface area contributed by atoms with Gasteiger partial charge in [0, 0.05) is 18.2 Å². The molecule has 3 aromatic heterocycles. The predicted octanol–water partition coefficient (Wildman–Crippen LogP) is -4.25. The van der Waals surface area contributed by atoms with Crippen molar-refractivity contribution in [3.8, 4) is 17.2 Å². The molecule has 0 radical (unpaired) electrons. The third-order valence-corrected chi connectivity index (χ3v) is 3.12. The van der Waals surface area contributed by atoms with Gasteiger partial charge in [-0.25, -0.2) is 0 Å². The van der Waals surface area contributed by atoms with E-state index in [1.54, 1.807) is 0 Å². The summed E-state index contributed by atoms with van der Waals surface area (Å²) in [7, 11) is 0. The van der Waals surface area contributed by atoms with Crippen LogP contribution in [0.25, 0.3) is 0 Å². The van der Waals surface area contributed by atoms with Gasteiger partial charge in [-0.1, -0.05) is 0 Å². The molecule has 0 aromatic carbocycles. The molecule has 34 heavy (non-hydrogen) atoms. The summed E-state index contributed by atoms with van der Waals surface area (Å²) in [5.74, 6) is -10.5. The number of carboxylic acid groups (broad SMARTS) is 3. The summed E-state index contributed by atoms with van der Waals surface area (Å²) in [6.07, 6.45) is 2.60. The van der Waals surface area contributed by atoms with Gasteiger partial charge < -0.3 is 58.3 Å². The Kier molecular flexibility index (Phi) is 11.2. The third-order valence-electron chi connectivity index (χ3n) is 3.12. The van der Waals surface area contributed by atoms with E-state index in [0.29, 0.717) is 0 Å². The molecule has 3 aromatic rings. The van der Waals surface area contributed by atoms with Gasteiger partial charge in [0.1, 0.15) is 17.9 Å². The summed E-state index contributed by atoms with van der Waals surface area (Å²) in [6, 6.07) is 2.71. The molecule has 3 heterocycles. The molecule has 0 saturated carbocycles. The van der Waals surface area contributed by atoms with Gasteiger partial charge in [-0.3, -0.25) is 14.4 Å². The molecule has 0 aliphatic rings. The van der Waals surface area contributed by atoms with E-state index in [-0.39, 0.29) is 19.8 Å². The Bertz CT molecular complexity index is 1180. The zero-order valence-electron chi connectivity index (χ0n) is 16.3. The predicted molar refractivity (Wildman–Crippen MR) is 98.7 cm³/mol. The van der Waals surface area contributed by atoms with Crippen LogP contribution >= 0.6 is 0 Å². The van der Waals surface area contributed by atoms with E-state index in [4.69, 9.17) is 15.3 Å². The van der Waals surface area contributed by atoms with E-state index in [9.17, 15) is 44.1 Å². The van der Waals surface area contributed by atoms with Crippen LogP contribution in [0.3, 0.4) is 0 Å². The summed E-state index contributed by atoms with van der Waals surface area (Å²) in [6.45, 7) is 0. The SMILES string of the molecule is O=C([O-])c1occc(=O)c1O.O=C([O-])c1occc(=O)c1O.O=C([O-])c1occc(=O)c1O.[Ga+3].